The van der Waals surface area contributed by atoms with Crippen LogP contribution in [0.1, 0.15) is 59.0 Å². The van der Waals surface area contributed by atoms with Crippen LogP contribution < -0.4 is 5.32 Å². The third-order valence-electron chi connectivity index (χ3n) is 5.17. The van der Waals surface area contributed by atoms with E-state index in [0.717, 1.165) is 47.8 Å². The van der Waals surface area contributed by atoms with E-state index in [-0.39, 0.29) is 5.91 Å². The average molecular weight is 350 g/mol. The van der Waals surface area contributed by atoms with Crippen LogP contribution in [0.25, 0.3) is 10.9 Å². The van der Waals surface area contributed by atoms with Crippen molar-refractivity contribution in [2.24, 2.45) is 0 Å². The van der Waals surface area contributed by atoms with Crippen LogP contribution in [-0.2, 0) is 5.54 Å². The van der Waals surface area contributed by atoms with Crippen LogP contribution in [-0.4, -0.2) is 21.0 Å². The molecule has 6 nitrogen and oxygen atoms in total. The fraction of sp³-hybridized carbons (Fsp3) is 0.400. The van der Waals surface area contributed by atoms with Gasteiger partial charge in [0.1, 0.15) is 5.54 Å². The number of nitrogens with zero attached hydrogens (tertiary/aromatic N) is 3. The standard InChI is InChI=1S/C20H22N4O2/c1-12-6-7-17-15(10-12)11-16(13(2)21-17)18(25)23-20(8-4-5-9-20)19-22-14(3)26-24-19/h6-7,10-11H,4-5,8-9H2,1-3H3,(H,23,25). The van der Waals surface area contributed by atoms with Crippen LogP contribution in [0, 0.1) is 20.8 Å². The van der Waals surface area contributed by atoms with Gasteiger partial charge in [0.2, 0.25) is 5.89 Å². The molecule has 0 bridgehead atoms. The van der Waals surface area contributed by atoms with E-state index in [0.29, 0.717) is 17.3 Å². The van der Waals surface area contributed by atoms with Crippen molar-refractivity contribution in [2.75, 3.05) is 0 Å². The molecule has 1 saturated carbocycles. The zero-order chi connectivity index (χ0) is 18.3. The third kappa shape index (κ3) is 2.85. The van der Waals surface area contributed by atoms with E-state index >= 15 is 0 Å². The number of carbonyl (C=O) groups excluding carboxylic acids is 1. The molecule has 0 aliphatic heterocycles. The Bertz CT molecular complexity index is 987. The van der Waals surface area contributed by atoms with Crippen molar-refractivity contribution >= 4 is 16.8 Å². The van der Waals surface area contributed by atoms with Crippen molar-refractivity contribution in [1.29, 1.82) is 0 Å². The number of pyridine rings is 1. The van der Waals surface area contributed by atoms with Crippen molar-refractivity contribution in [2.45, 2.75) is 52.0 Å². The number of aryl methyl sites for hydroxylation is 3. The lowest BCUT2D eigenvalue weighted by Gasteiger charge is -2.27. The summed E-state index contributed by atoms with van der Waals surface area (Å²) in [7, 11) is 0. The normalized spacial score (nSPS) is 16.1. The molecule has 1 aliphatic carbocycles. The van der Waals surface area contributed by atoms with Crippen molar-refractivity contribution in [3.05, 3.63) is 52.8 Å². The van der Waals surface area contributed by atoms with Crippen molar-refractivity contribution in [1.82, 2.24) is 20.4 Å². The predicted molar refractivity (Wildman–Crippen MR) is 97.9 cm³/mol. The number of fused-ring (bicyclic) bond motifs is 1. The molecule has 0 unspecified atom stereocenters. The Kier molecular flexibility index (Phi) is 3.98. The molecule has 1 amide bonds. The highest BCUT2D eigenvalue weighted by Gasteiger charge is 2.41. The van der Waals surface area contributed by atoms with Crippen LogP contribution in [0.5, 0.6) is 0 Å². The first-order valence-corrected chi connectivity index (χ1v) is 8.98. The Labute approximate surface area is 152 Å². The smallest absolute Gasteiger partial charge is 0.253 e. The van der Waals surface area contributed by atoms with Crippen molar-refractivity contribution in [3.63, 3.8) is 0 Å². The van der Waals surface area contributed by atoms with Gasteiger partial charge in [-0.25, -0.2) is 0 Å². The fourth-order valence-corrected chi connectivity index (χ4v) is 3.78. The van der Waals surface area contributed by atoms with Gasteiger partial charge in [-0.05, 0) is 44.9 Å². The van der Waals surface area contributed by atoms with Gasteiger partial charge in [-0.3, -0.25) is 9.78 Å². The highest BCUT2D eigenvalue weighted by atomic mass is 16.5. The average Bonchev–Trinajstić information content (AvgIpc) is 3.24. The van der Waals surface area contributed by atoms with E-state index in [1.54, 1.807) is 6.92 Å². The van der Waals surface area contributed by atoms with E-state index in [2.05, 4.69) is 20.4 Å². The van der Waals surface area contributed by atoms with Gasteiger partial charge in [0.25, 0.3) is 5.91 Å². The monoisotopic (exact) mass is 350 g/mol. The molecule has 1 aromatic carbocycles. The van der Waals surface area contributed by atoms with E-state index in [4.69, 9.17) is 4.52 Å². The molecule has 1 aliphatic rings. The maximum absolute atomic E-state index is 13.1. The second-order valence-corrected chi connectivity index (χ2v) is 7.20. The van der Waals surface area contributed by atoms with Gasteiger partial charge in [-0.1, -0.05) is 29.6 Å². The predicted octanol–water partition coefficient (Wildman–Crippen LogP) is 3.74. The van der Waals surface area contributed by atoms with Gasteiger partial charge in [-0.15, -0.1) is 0 Å². The second-order valence-electron chi connectivity index (χ2n) is 7.20. The van der Waals surface area contributed by atoms with Crippen LogP contribution in [0.2, 0.25) is 0 Å². The van der Waals surface area contributed by atoms with Crippen LogP contribution in [0.3, 0.4) is 0 Å². The van der Waals surface area contributed by atoms with Crippen molar-refractivity contribution in [3.8, 4) is 0 Å². The Morgan fingerprint density at radius 1 is 1.12 bits per heavy atom. The molecular formula is C20H22N4O2. The van der Waals surface area contributed by atoms with E-state index in [1.165, 1.54) is 0 Å². The van der Waals surface area contributed by atoms with Crippen LogP contribution >= 0.6 is 0 Å². The summed E-state index contributed by atoms with van der Waals surface area (Å²) < 4.78 is 5.16. The first-order valence-electron chi connectivity index (χ1n) is 8.98. The number of hydrogen-bond acceptors (Lipinski definition) is 5. The first-order chi connectivity index (χ1) is 12.5. The van der Waals surface area contributed by atoms with Crippen molar-refractivity contribution < 1.29 is 9.32 Å². The van der Waals surface area contributed by atoms with E-state index < -0.39 is 5.54 Å². The van der Waals surface area contributed by atoms with E-state index in [1.807, 2.05) is 38.1 Å². The minimum atomic E-state index is -0.553. The largest absolute Gasteiger partial charge is 0.340 e. The third-order valence-corrected chi connectivity index (χ3v) is 5.17. The Morgan fingerprint density at radius 2 is 1.88 bits per heavy atom. The van der Waals surface area contributed by atoms with Crippen LogP contribution in [0.4, 0.5) is 0 Å². The number of amides is 1. The Morgan fingerprint density at radius 3 is 2.58 bits per heavy atom. The Balaban J connectivity index is 1.70. The molecular weight excluding hydrogens is 328 g/mol. The fourth-order valence-electron chi connectivity index (χ4n) is 3.78. The van der Waals surface area contributed by atoms with Gasteiger partial charge < -0.3 is 9.84 Å². The molecule has 0 atom stereocenters. The molecule has 3 aromatic rings. The van der Waals surface area contributed by atoms with Gasteiger partial charge in [-0.2, -0.15) is 4.98 Å². The van der Waals surface area contributed by atoms with E-state index in [9.17, 15) is 4.79 Å². The number of aromatic nitrogens is 3. The molecule has 6 heteroatoms. The molecule has 2 aromatic heterocycles. The lowest BCUT2D eigenvalue weighted by atomic mass is 9.95. The summed E-state index contributed by atoms with van der Waals surface area (Å²) in [5.74, 6) is 0.949. The maximum Gasteiger partial charge on any atom is 0.253 e. The summed E-state index contributed by atoms with van der Waals surface area (Å²) in [6.07, 6.45) is 3.69. The lowest BCUT2D eigenvalue weighted by Crippen LogP contribution is -2.45. The SMILES string of the molecule is Cc1ccc2nc(C)c(C(=O)NC3(c4noc(C)n4)CCCC3)cc2c1. The number of carbonyl (C=O) groups is 1. The quantitative estimate of drug-likeness (QED) is 0.778. The molecule has 26 heavy (non-hydrogen) atoms. The zero-order valence-electron chi connectivity index (χ0n) is 15.3. The molecule has 2 heterocycles. The number of hydrogen-bond donors (Lipinski definition) is 1. The Hall–Kier alpha value is -2.76. The molecule has 134 valence electrons. The number of benzene rings is 1. The lowest BCUT2D eigenvalue weighted by molar-refractivity contribution is 0.0891. The zero-order valence-corrected chi connectivity index (χ0v) is 15.3. The van der Waals surface area contributed by atoms with Gasteiger partial charge in [0, 0.05) is 12.3 Å². The summed E-state index contributed by atoms with van der Waals surface area (Å²) in [6, 6.07) is 7.98. The summed E-state index contributed by atoms with van der Waals surface area (Å²) in [5, 5.41) is 8.25. The molecule has 4 rings (SSSR count). The second kappa shape index (κ2) is 6.20. The summed E-state index contributed by atoms with van der Waals surface area (Å²) in [6.45, 7) is 5.67. The minimum Gasteiger partial charge on any atom is -0.340 e. The summed E-state index contributed by atoms with van der Waals surface area (Å²) >= 11 is 0. The highest BCUT2D eigenvalue weighted by molar-refractivity contribution is 5.99. The van der Waals surface area contributed by atoms with Gasteiger partial charge in [0.05, 0.1) is 16.8 Å². The molecule has 0 radical (unpaired) electrons. The van der Waals surface area contributed by atoms with Gasteiger partial charge >= 0.3 is 0 Å². The minimum absolute atomic E-state index is 0.136. The van der Waals surface area contributed by atoms with Gasteiger partial charge in [0.15, 0.2) is 5.82 Å². The first kappa shape index (κ1) is 16.7. The number of nitrogens with one attached hydrogen (secondary N) is 1. The summed E-state index contributed by atoms with van der Waals surface area (Å²) in [5.41, 5.74) is 2.80. The maximum atomic E-state index is 13.1. The molecule has 0 saturated heterocycles. The topological polar surface area (TPSA) is 80.9 Å². The molecule has 0 spiro atoms. The summed E-state index contributed by atoms with van der Waals surface area (Å²) in [4.78, 5) is 22.1. The molecule has 1 N–H and O–H groups in total. The molecule has 1 fully saturated rings. The highest BCUT2D eigenvalue weighted by Crippen LogP contribution is 2.37. The number of rotatable bonds is 3. The van der Waals surface area contributed by atoms with Crippen LogP contribution in [0.15, 0.2) is 28.8 Å².